The minimum Gasteiger partial charge on any atom is -0.394 e. The Hall–Kier alpha value is -2.21. The van der Waals surface area contributed by atoms with Crippen molar-refractivity contribution in [3.63, 3.8) is 0 Å². The number of nitrogens with one attached hydrogen (secondary N) is 1. The first-order valence-electron chi connectivity index (χ1n) is 8.75. The number of rotatable bonds is 6. The highest BCUT2D eigenvalue weighted by molar-refractivity contribution is 5.93. The number of aromatic nitrogens is 3. The maximum absolute atomic E-state index is 12.4. The maximum atomic E-state index is 12.4. The van der Waals surface area contributed by atoms with E-state index in [9.17, 15) is 4.79 Å². The van der Waals surface area contributed by atoms with Crippen molar-refractivity contribution in [1.29, 1.82) is 0 Å². The lowest BCUT2D eigenvalue weighted by atomic mass is 9.87. The summed E-state index contributed by atoms with van der Waals surface area (Å²) in [7, 11) is 0. The molecule has 0 aliphatic rings. The second kappa shape index (κ2) is 7.78. The fraction of sp³-hybridized carbons (Fsp3) is 0.526. The van der Waals surface area contributed by atoms with Crippen LogP contribution in [-0.4, -0.2) is 38.7 Å². The second-order valence-electron chi connectivity index (χ2n) is 7.40. The van der Waals surface area contributed by atoms with Crippen LogP contribution in [-0.2, 0) is 11.8 Å². The van der Waals surface area contributed by atoms with Crippen LogP contribution < -0.4 is 5.32 Å². The number of benzene rings is 1. The van der Waals surface area contributed by atoms with E-state index in [4.69, 9.17) is 5.11 Å². The normalized spacial score (nSPS) is 12.9. The van der Waals surface area contributed by atoms with E-state index in [0.717, 1.165) is 17.8 Å². The van der Waals surface area contributed by atoms with Crippen molar-refractivity contribution >= 4 is 5.91 Å². The highest BCUT2D eigenvalue weighted by atomic mass is 16.3. The van der Waals surface area contributed by atoms with Crippen molar-refractivity contribution in [3.05, 3.63) is 41.2 Å². The molecule has 1 aromatic heterocycles. The van der Waals surface area contributed by atoms with Gasteiger partial charge in [0.25, 0.3) is 5.91 Å². The van der Waals surface area contributed by atoms with Crippen LogP contribution in [0, 0.1) is 0 Å². The lowest BCUT2D eigenvalue weighted by Gasteiger charge is -2.19. The highest BCUT2D eigenvalue weighted by Crippen LogP contribution is 2.24. The van der Waals surface area contributed by atoms with Gasteiger partial charge in [-0.25, -0.2) is 4.68 Å². The van der Waals surface area contributed by atoms with Gasteiger partial charge in [0.05, 0.1) is 18.0 Å². The number of nitrogens with zero attached hydrogens (tertiary/aromatic N) is 3. The molecule has 6 nitrogen and oxygen atoms in total. The van der Waals surface area contributed by atoms with Gasteiger partial charge in [0, 0.05) is 6.04 Å². The number of amides is 1. The molecule has 0 radical (unpaired) electrons. The van der Waals surface area contributed by atoms with Gasteiger partial charge < -0.3 is 10.4 Å². The molecule has 2 aromatic rings. The van der Waals surface area contributed by atoms with Crippen molar-refractivity contribution < 1.29 is 9.90 Å². The first kappa shape index (κ1) is 19.1. The molecule has 1 heterocycles. The van der Waals surface area contributed by atoms with Crippen LogP contribution in [0.15, 0.2) is 24.3 Å². The van der Waals surface area contributed by atoms with Gasteiger partial charge in [-0.2, -0.15) is 0 Å². The van der Waals surface area contributed by atoms with Gasteiger partial charge in [0.2, 0.25) is 0 Å². The number of aliphatic hydroxyl groups excluding tert-OH is 1. The molecule has 1 amide bonds. The van der Waals surface area contributed by atoms with Crippen molar-refractivity contribution in [1.82, 2.24) is 20.3 Å². The minimum atomic E-state index is -0.321. The Morgan fingerprint density at radius 1 is 1.28 bits per heavy atom. The molecule has 2 N–H and O–H groups in total. The van der Waals surface area contributed by atoms with Gasteiger partial charge in [0.15, 0.2) is 5.69 Å². The van der Waals surface area contributed by atoms with E-state index in [1.165, 1.54) is 5.56 Å². The molecular formula is C19H28N4O2. The smallest absolute Gasteiger partial charge is 0.274 e. The SMILES string of the molecule is CCCc1c(C(=O)NC(C)CO)nnn1-c1ccc(C(C)(C)C)cc1. The third-order valence-corrected chi connectivity index (χ3v) is 4.09. The molecule has 0 aliphatic heterocycles. The molecule has 0 aliphatic carbocycles. The average molecular weight is 344 g/mol. The third-order valence-electron chi connectivity index (χ3n) is 4.09. The summed E-state index contributed by atoms with van der Waals surface area (Å²) in [6.07, 6.45) is 1.58. The molecule has 0 bridgehead atoms. The van der Waals surface area contributed by atoms with Crippen LogP contribution in [0.2, 0.25) is 0 Å². The lowest BCUT2D eigenvalue weighted by Crippen LogP contribution is -2.35. The molecule has 1 aromatic carbocycles. The molecule has 6 heteroatoms. The summed E-state index contributed by atoms with van der Waals surface area (Å²) in [5.41, 5.74) is 3.32. The molecule has 0 fully saturated rings. The predicted octanol–water partition coefficient (Wildman–Crippen LogP) is 2.63. The monoisotopic (exact) mass is 344 g/mol. The zero-order valence-electron chi connectivity index (χ0n) is 15.7. The third kappa shape index (κ3) is 4.45. The van der Waals surface area contributed by atoms with Gasteiger partial charge in [-0.1, -0.05) is 51.5 Å². The number of hydrogen-bond acceptors (Lipinski definition) is 4. The standard InChI is InChI=1S/C19H28N4O2/c1-6-7-16-17(18(25)20-13(2)12-24)21-22-23(16)15-10-8-14(9-11-15)19(3,4)5/h8-11,13,24H,6-7,12H2,1-5H3,(H,20,25). The summed E-state index contributed by atoms with van der Waals surface area (Å²) in [6.45, 7) is 10.2. The van der Waals surface area contributed by atoms with Crippen molar-refractivity contribution in [2.75, 3.05) is 6.61 Å². The maximum Gasteiger partial charge on any atom is 0.274 e. The van der Waals surface area contributed by atoms with E-state index < -0.39 is 0 Å². The quantitative estimate of drug-likeness (QED) is 0.844. The molecule has 2 rings (SSSR count). The van der Waals surface area contributed by atoms with E-state index in [2.05, 4.69) is 55.5 Å². The van der Waals surface area contributed by atoms with Crippen LogP contribution in [0.25, 0.3) is 5.69 Å². The van der Waals surface area contributed by atoms with E-state index >= 15 is 0 Å². The van der Waals surface area contributed by atoms with Crippen LogP contribution in [0.3, 0.4) is 0 Å². The predicted molar refractivity (Wildman–Crippen MR) is 98.1 cm³/mol. The highest BCUT2D eigenvalue weighted by Gasteiger charge is 2.21. The fourth-order valence-electron chi connectivity index (χ4n) is 2.59. The average Bonchev–Trinajstić information content (AvgIpc) is 2.98. The van der Waals surface area contributed by atoms with Gasteiger partial charge in [0.1, 0.15) is 0 Å². The Kier molecular flexibility index (Phi) is 5.95. The number of aliphatic hydroxyl groups is 1. The number of hydrogen-bond donors (Lipinski definition) is 2. The molecule has 1 unspecified atom stereocenters. The molecule has 1 atom stereocenters. The first-order valence-corrected chi connectivity index (χ1v) is 8.75. The summed E-state index contributed by atoms with van der Waals surface area (Å²) >= 11 is 0. The molecular weight excluding hydrogens is 316 g/mol. The summed E-state index contributed by atoms with van der Waals surface area (Å²) in [4.78, 5) is 12.4. The van der Waals surface area contributed by atoms with E-state index in [0.29, 0.717) is 12.1 Å². The lowest BCUT2D eigenvalue weighted by molar-refractivity contribution is 0.0916. The zero-order chi connectivity index (χ0) is 18.6. The summed E-state index contributed by atoms with van der Waals surface area (Å²) in [6, 6.07) is 7.86. The van der Waals surface area contributed by atoms with Crippen LogP contribution in [0.1, 0.15) is 62.8 Å². The zero-order valence-corrected chi connectivity index (χ0v) is 15.7. The van der Waals surface area contributed by atoms with Gasteiger partial charge >= 0.3 is 0 Å². The molecule has 136 valence electrons. The largest absolute Gasteiger partial charge is 0.394 e. The Morgan fingerprint density at radius 3 is 2.44 bits per heavy atom. The fourth-order valence-corrected chi connectivity index (χ4v) is 2.59. The second-order valence-corrected chi connectivity index (χ2v) is 7.40. The Morgan fingerprint density at radius 2 is 1.92 bits per heavy atom. The molecule has 0 spiro atoms. The Balaban J connectivity index is 2.37. The van der Waals surface area contributed by atoms with Crippen molar-refractivity contribution in [2.45, 2.75) is 58.9 Å². The van der Waals surface area contributed by atoms with Gasteiger partial charge in [-0.3, -0.25) is 4.79 Å². The first-order chi connectivity index (χ1) is 11.8. The van der Waals surface area contributed by atoms with E-state index in [1.54, 1.807) is 11.6 Å². The van der Waals surface area contributed by atoms with Crippen LogP contribution >= 0.6 is 0 Å². The van der Waals surface area contributed by atoms with Gasteiger partial charge in [-0.15, -0.1) is 5.10 Å². The van der Waals surface area contributed by atoms with Crippen molar-refractivity contribution in [3.8, 4) is 5.69 Å². The van der Waals surface area contributed by atoms with Gasteiger partial charge in [-0.05, 0) is 36.5 Å². The molecule has 0 saturated heterocycles. The molecule has 0 saturated carbocycles. The van der Waals surface area contributed by atoms with E-state index in [1.807, 2.05) is 12.1 Å². The minimum absolute atomic E-state index is 0.0820. The van der Waals surface area contributed by atoms with E-state index in [-0.39, 0.29) is 24.0 Å². The summed E-state index contributed by atoms with van der Waals surface area (Å²) in [5, 5.41) is 20.1. The summed E-state index contributed by atoms with van der Waals surface area (Å²) in [5.74, 6) is -0.303. The van der Waals surface area contributed by atoms with Crippen LogP contribution in [0.5, 0.6) is 0 Å². The Labute approximate surface area is 149 Å². The van der Waals surface area contributed by atoms with Crippen LogP contribution in [0.4, 0.5) is 0 Å². The van der Waals surface area contributed by atoms with Crippen molar-refractivity contribution in [2.24, 2.45) is 0 Å². The summed E-state index contributed by atoms with van der Waals surface area (Å²) < 4.78 is 1.73. The topological polar surface area (TPSA) is 80.0 Å². The Bertz CT molecular complexity index is 714. The number of carbonyl (C=O) groups excluding carboxylic acids is 1. The molecule has 25 heavy (non-hydrogen) atoms. The number of carbonyl (C=O) groups is 1.